The van der Waals surface area contributed by atoms with Crippen LogP contribution >= 0.6 is 11.6 Å². The van der Waals surface area contributed by atoms with Gasteiger partial charge in [0.05, 0.1) is 12.2 Å². The van der Waals surface area contributed by atoms with E-state index in [-0.39, 0.29) is 10.8 Å². The highest BCUT2D eigenvalue weighted by molar-refractivity contribution is 6.28. The Morgan fingerprint density at radius 2 is 2.47 bits per heavy atom. The average Bonchev–Trinajstić information content (AvgIpc) is 2.18. The number of anilines is 1. The molecular formula is C8H11ClN4O2. The van der Waals surface area contributed by atoms with Crippen molar-refractivity contribution in [2.75, 3.05) is 25.6 Å². The predicted octanol–water partition coefficient (Wildman–Crippen LogP) is 0.287. The maximum atomic E-state index is 11.0. The highest BCUT2D eigenvalue weighted by Gasteiger charge is 2.10. The second-order valence-corrected chi connectivity index (χ2v) is 3.02. The molecule has 0 radical (unpaired) electrons. The summed E-state index contributed by atoms with van der Waals surface area (Å²) in [5.74, 6) is -0.286. The summed E-state index contributed by atoms with van der Waals surface area (Å²) in [6.45, 7) is 0.990. The molecule has 1 amide bonds. The van der Waals surface area contributed by atoms with Crippen LogP contribution in [0.1, 0.15) is 10.4 Å². The van der Waals surface area contributed by atoms with Crippen molar-refractivity contribution in [3.63, 3.8) is 0 Å². The second-order valence-electron chi connectivity index (χ2n) is 2.69. The van der Waals surface area contributed by atoms with Crippen molar-refractivity contribution in [3.05, 3.63) is 17.0 Å². The van der Waals surface area contributed by atoms with Crippen LogP contribution in [0.15, 0.2) is 6.20 Å². The summed E-state index contributed by atoms with van der Waals surface area (Å²) in [7, 11) is 1.57. The van der Waals surface area contributed by atoms with E-state index in [1.165, 1.54) is 6.20 Å². The molecule has 1 aromatic rings. The van der Waals surface area contributed by atoms with E-state index in [1.54, 1.807) is 7.11 Å². The minimum absolute atomic E-state index is 0.0555. The van der Waals surface area contributed by atoms with Crippen molar-refractivity contribution < 1.29 is 9.53 Å². The van der Waals surface area contributed by atoms with E-state index in [0.717, 1.165) is 0 Å². The lowest BCUT2D eigenvalue weighted by Gasteiger charge is -2.07. The number of halogens is 1. The summed E-state index contributed by atoms with van der Waals surface area (Å²) in [6.07, 6.45) is 1.28. The molecular weight excluding hydrogens is 220 g/mol. The molecule has 1 aromatic heterocycles. The van der Waals surface area contributed by atoms with E-state index in [9.17, 15) is 4.79 Å². The summed E-state index contributed by atoms with van der Waals surface area (Å²) >= 11 is 5.59. The van der Waals surface area contributed by atoms with Crippen molar-refractivity contribution in [1.82, 2.24) is 9.97 Å². The van der Waals surface area contributed by atoms with Gasteiger partial charge in [-0.2, -0.15) is 4.98 Å². The van der Waals surface area contributed by atoms with Crippen molar-refractivity contribution >= 4 is 23.3 Å². The van der Waals surface area contributed by atoms with Crippen LogP contribution in [0.5, 0.6) is 0 Å². The number of carbonyl (C=O) groups is 1. The summed E-state index contributed by atoms with van der Waals surface area (Å²) in [6, 6.07) is 0. The van der Waals surface area contributed by atoms with Crippen LogP contribution in [0.25, 0.3) is 0 Å². The van der Waals surface area contributed by atoms with Crippen LogP contribution < -0.4 is 11.1 Å². The van der Waals surface area contributed by atoms with Crippen molar-refractivity contribution in [2.24, 2.45) is 5.73 Å². The summed E-state index contributed by atoms with van der Waals surface area (Å²) < 4.78 is 4.84. The number of nitrogens with zero attached hydrogens (tertiary/aromatic N) is 2. The van der Waals surface area contributed by atoms with Gasteiger partial charge in [-0.15, -0.1) is 0 Å². The maximum absolute atomic E-state index is 11.0. The molecule has 6 nitrogen and oxygen atoms in total. The quantitative estimate of drug-likeness (QED) is 0.560. The smallest absolute Gasteiger partial charge is 0.254 e. The SMILES string of the molecule is COCCNc1nc(Cl)ncc1C(N)=O. The van der Waals surface area contributed by atoms with Gasteiger partial charge in [-0.05, 0) is 11.6 Å². The molecule has 0 bridgehead atoms. The number of methoxy groups -OCH3 is 1. The van der Waals surface area contributed by atoms with Crippen molar-refractivity contribution in [3.8, 4) is 0 Å². The summed E-state index contributed by atoms with van der Waals surface area (Å²) in [5, 5.41) is 2.93. The number of carbonyl (C=O) groups excluding carboxylic acids is 1. The lowest BCUT2D eigenvalue weighted by Crippen LogP contribution is -2.18. The lowest BCUT2D eigenvalue weighted by molar-refractivity contribution is 0.100. The molecule has 15 heavy (non-hydrogen) atoms. The molecule has 1 heterocycles. The van der Waals surface area contributed by atoms with Crippen molar-refractivity contribution in [1.29, 1.82) is 0 Å². The summed E-state index contributed by atoms with van der Waals surface area (Å²) in [4.78, 5) is 18.5. The first-order valence-electron chi connectivity index (χ1n) is 4.20. The first kappa shape index (κ1) is 11.7. The van der Waals surface area contributed by atoms with E-state index >= 15 is 0 Å². The van der Waals surface area contributed by atoms with Gasteiger partial charge in [-0.25, -0.2) is 4.98 Å². The molecule has 0 saturated heterocycles. The van der Waals surface area contributed by atoms with Crippen LogP contribution in [0.3, 0.4) is 0 Å². The van der Waals surface area contributed by atoms with Crippen LogP contribution in [-0.2, 0) is 4.74 Å². The molecule has 0 aliphatic carbocycles. The Kier molecular flexibility index (Phi) is 4.26. The Balaban J connectivity index is 2.82. The lowest BCUT2D eigenvalue weighted by atomic mass is 10.3. The maximum Gasteiger partial charge on any atom is 0.254 e. The molecule has 0 unspecified atom stereocenters. The highest BCUT2D eigenvalue weighted by Crippen LogP contribution is 2.12. The Labute approximate surface area is 91.8 Å². The van der Waals surface area contributed by atoms with E-state index in [0.29, 0.717) is 19.0 Å². The number of ether oxygens (including phenoxy) is 1. The molecule has 0 saturated carbocycles. The number of nitrogens with two attached hydrogens (primary N) is 1. The molecule has 0 aromatic carbocycles. The number of hydrogen-bond donors (Lipinski definition) is 2. The van der Waals surface area contributed by atoms with Crippen LogP contribution in [0.2, 0.25) is 5.28 Å². The Morgan fingerprint density at radius 1 is 1.73 bits per heavy atom. The van der Waals surface area contributed by atoms with Gasteiger partial charge in [0.15, 0.2) is 0 Å². The normalized spacial score (nSPS) is 10.0. The van der Waals surface area contributed by atoms with Gasteiger partial charge < -0.3 is 15.8 Å². The van der Waals surface area contributed by atoms with Crippen LogP contribution in [0, 0.1) is 0 Å². The van der Waals surface area contributed by atoms with Gasteiger partial charge in [-0.3, -0.25) is 4.79 Å². The first-order chi connectivity index (χ1) is 7.15. The third-order valence-electron chi connectivity index (χ3n) is 1.62. The molecule has 0 aliphatic heterocycles. The van der Waals surface area contributed by atoms with Crippen LogP contribution in [-0.4, -0.2) is 36.1 Å². The van der Waals surface area contributed by atoms with Gasteiger partial charge in [0.1, 0.15) is 5.82 Å². The fourth-order valence-corrected chi connectivity index (χ4v) is 1.08. The number of rotatable bonds is 5. The second kappa shape index (κ2) is 5.47. The van der Waals surface area contributed by atoms with E-state index in [1.807, 2.05) is 0 Å². The van der Waals surface area contributed by atoms with Gasteiger partial charge in [0.2, 0.25) is 5.28 Å². The van der Waals surface area contributed by atoms with Gasteiger partial charge in [0, 0.05) is 19.9 Å². The number of aromatic nitrogens is 2. The van der Waals surface area contributed by atoms with Gasteiger partial charge in [-0.1, -0.05) is 0 Å². The first-order valence-corrected chi connectivity index (χ1v) is 4.58. The molecule has 82 valence electrons. The zero-order chi connectivity index (χ0) is 11.3. The number of nitrogens with one attached hydrogen (secondary N) is 1. The van der Waals surface area contributed by atoms with Crippen molar-refractivity contribution in [2.45, 2.75) is 0 Å². The molecule has 0 aliphatic rings. The number of primary amides is 1. The molecule has 0 spiro atoms. The molecule has 1 rings (SSSR count). The predicted molar refractivity (Wildman–Crippen MR) is 55.9 cm³/mol. The minimum atomic E-state index is -0.605. The third-order valence-corrected chi connectivity index (χ3v) is 1.81. The van der Waals surface area contributed by atoms with Gasteiger partial charge >= 0.3 is 0 Å². The molecule has 7 heteroatoms. The topological polar surface area (TPSA) is 90.1 Å². The van der Waals surface area contributed by atoms with E-state index in [4.69, 9.17) is 22.1 Å². The van der Waals surface area contributed by atoms with Crippen LogP contribution in [0.4, 0.5) is 5.82 Å². The van der Waals surface area contributed by atoms with Gasteiger partial charge in [0.25, 0.3) is 5.91 Å². The fraction of sp³-hybridized carbons (Fsp3) is 0.375. The largest absolute Gasteiger partial charge is 0.383 e. The monoisotopic (exact) mass is 230 g/mol. The highest BCUT2D eigenvalue weighted by atomic mass is 35.5. The summed E-state index contributed by atoms with van der Waals surface area (Å²) in [5.41, 5.74) is 5.34. The Hall–Kier alpha value is -1.40. The van der Waals surface area contributed by atoms with E-state index in [2.05, 4.69) is 15.3 Å². The zero-order valence-electron chi connectivity index (χ0n) is 8.16. The molecule has 0 atom stereocenters. The Morgan fingerprint density at radius 3 is 3.07 bits per heavy atom. The Bertz CT molecular complexity index is 358. The zero-order valence-corrected chi connectivity index (χ0v) is 8.91. The number of amides is 1. The standard InChI is InChI=1S/C8H11ClN4O2/c1-15-3-2-11-7-5(6(10)14)4-12-8(9)13-7/h4H,2-3H2,1H3,(H2,10,14)(H,11,12,13). The minimum Gasteiger partial charge on any atom is -0.383 e. The van der Waals surface area contributed by atoms with E-state index < -0.39 is 5.91 Å². The molecule has 3 N–H and O–H groups in total. The molecule has 0 fully saturated rings. The average molecular weight is 231 g/mol. The number of hydrogen-bond acceptors (Lipinski definition) is 5. The fourth-order valence-electron chi connectivity index (χ4n) is 0.947. The third kappa shape index (κ3) is 3.34.